The van der Waals surface area contributed by atoms with Crippen LogP contribution in [0.5, 0.6) is 0 Å². The summed E-state index contributed by atoms with van der Waals surface area (Å²) in [5.41, 5.74) is 1.62. The molecule has 1 amide bonds. The average Bonchev–Trinajstić information content (AvgIpc) is 2.86. The van der Waals surface area contributed by atoms with Crippen LogP contribution in [0.4, 0.5) is 5.69 Å². The highest BCUT2D eigenvalue weighted by atomic mass is 32.1. The maximum absolute atomic E-state index is 12.1. The van der Waals surface area contributed by atoms with Crippen LogP contribution in [0.15, 0.2) is 24.3 Å². The molecule has 0 radical (unpaired) electrons. The summed E-state index contributed by atoms with van der Waals surface area (Å²) >= 11 is 1.24. The Morgan fingerprint density at radius 2 is 1.96 bits per heavy atom. The van der Waals surface area contributed by atoms with Crippen molar-refractivity contribution >= 4 is 28.9 Å². The fourth-order valence-electron chi connectivity index (χ4n) is 1.86. The molecule has 0 aliphatic heterocycles. The summed E-state index contributed by atoms with van der Waals surface area (Å²) in [5.74, 6) is -1.00. The molecule has 23 heavy (non-hydrogen) atoms. The van der Waals surface area contributed by atoms with E-state index in [1.165, 1.54) is 18.3 Å². The van der Waals surface area contributed by atoms with Crippen LogP contribution >= 0.6 is 11.3 Å². The van der Waals surface area contributed by atoms with Crippen molar-refractivity contribution in [1.29, 1.82) is 5.26 Å². The Bertz CT molecular complexity index is 775. The first kappa shape index (κ1) is 16.6. The number of carbonyl (C=O) groups is 2. The highest BCUT2D eigenvalue weighted by Gasteiger charge is 2.22. The van der Waals surface area contributed by atoms with Gasteiger partial charge in [0.05, 0.1) is 22.3 Å². The molecule has 0 fully saturated rings. The Hall–Kier alpha value is -2.72. The van der Waals surface area contributed by atoms with Gasteiger partial charge >= 0.3 is 5.97 Å². The van der Waals surface area contributed by atoms with Crippen molar-refractivity contribution in [3.8, 4) is 6.07 Å². The molecule has 118 valence electrons. The van der Waals surface area contributed by atoms with Gasteiger partial charge in [-0.15, -0.1) is 11.3 Å². The van der Waals surface area contributed by atoms with Gasteiger partial charge in [0.2, 0.25) is 0 Å². The summed E-state index contributed by atoms with van der Waals surface area (Å²) < 4.78 is 5.18. The molecule has 0 saturated heterocycles. The third-order valence-electron chi connectivity index (χ3n) is 3.02. The van der Waals surface area contributed by atoms with Gasteiger partial charge in [-0.05, 0) is 45.0 Å². The van der Waals surface area contributed by atoms with Crippen molar-refractivity contribution in [1.82, 2.24) is 4.98 Å². The number of aryl methyl sites for hydroxylation is 2. The van der Waals surface area contributed by atoms with Gasteiger partial charge in [-0.2, -0.15) is 5.26 Å². The largest absolute Gasteiger partial charge is 0.448 e. The van der Waals surface area contributed by atoms with Crippen LogP contribution in [0.25, 0.3) is 0 Å². The maximum Gasteiger partial charge on any atom is 0.351 e. The van der Waals surface area contributed by atoms with Gasteiger partial charge in [-0.1, -0.05) is 0 Å². The number of hydrogen-bond acceptors (Lipinski definition) is 6. The Kier molecular flexibility index (Phi) is 5.09. The molecule has 2 aromatic rings. The number of hydrogen-bond donors (Lipinski definition) is 1. The summed E-state index contributed by atoms with van der Waals surface area (Å²) in [6.07, 6.45) is -0.944. The van der Waals surface area contributed by atoms with Crippen molar-refractivity contribution in [2.24, 2.45) is 0 Å². The fraction of sp³-hybridized carbons (Fsp3) is 0.250. The molecular formula is C16H15N3O3S. The standard InChI is InChI=1S/C16H15N3O3S/c1-9-14(23-11(3)18-9)16(21)22-10(2)15(20)19-13-6-4-12(8-17)5-7-13/h4-7,10H,1-3H3,(H,19,20)/t10-/m1/s1. The van der Waals surface area contributed by atoms with Crippen LogP contribution in [0.3, 0.4) is 0 Å². The number of nitriles is 1. The molecule has 0 unspecified atom stereocenters. The topological polar surface area (TPSA) is 92.1 Å². The van der Waals surface area contributed by atoms with Crippen LogP contribution in [0.1, 0.15) is 32.9 Å². The van der Waals surface area contributed by atoms with Gasteiger partial charge < -0.3 is 10.1 Å². The van der Waals surface area contributed by atoms with Gasteiger partial charge in [-0.3, -0.25) is 4.79 Å². The molecule has 7 heteroatoms. The van der Waals surface area contributed by atoms with E-state index < -0.39 is 18.0 Å². The van der Waals surface area contributed by atoms with Crippen molar-refractivity contribution in [2.45, 2.75) is 26.9 Å². The van der Waals surface area contributed by atoms with Gasteiger partial charge in [0, 0.05) is 5.69 Å². The predicted molar refractivity (Wildman–Crippen MR) is 86.3 cm³/mol. The molecule has 0 saturated carbocycles. The van der Waals surface area contributed by atoms with E-state index in [4.69, 9.17) is 10.00 Å². The van der Waals surface area contributed by atoms with E-state index in [1.807, 2.05) is 6.07 Å². The molecular weight excluding hydrogens is 314 g/mol. The number of aromatic nitrogens is 1. The van der Waals surface area contributed by atoms with Gasteiger partial charge in [0.25, 0.3) is 5.91 Å². The summed E-state index contributed by atoms with van der Waals surface area (Å²) in [6.45, 7) is 5.02. The Balaban J connectivity index is 1.98. The van der Waals surface area contributed by atoms with Crippen LogP contribution in [-0.4, -0.2) is 23.0 Å². The molecule has 1 heterocycles. The normalized spacial score (nSPS) is 11.4. The minimum absolute atomic E-state index is 0.403. The van der Waals surface area contributed by atoms with Crippen LogP contribution < -0.4 is 5.32 Å². The lowest BCUT2D eigenvalue weighted by atomic mass is 10.2. The van der Waals surface area contributed by atoms with E-state index in [1.54, 1.807) is 38.1 Å². The number of carbonyl (C=O) groups excluding carboxylic acids is 2. The molecule has 1 aromatic heterocycles. The lowest BCUT2D eigenvalue weighted by molar-refractivity contribution is -0.123. The number of amides is 1. The Labute approximate surface area is 137 Å². The zero-order valence-electron chi connectivity index (χ0n) is 12.9. The monoisotopic (exact) mass is 329 g/mol. The van der Waals surface area contributed by atoms with Gasteiger partial charge in [0.15, 0.2) is 6.10 Å². The van der Waals surface area contributed by atoms with Crippen LogP contribution in [-0.2, 0) is 9.53 Å². The summed E-state index contributed by atoms with van der Waals surface area (Å²) in [7, 11) is 0. The predicted octanol–water partition coefficient (Wildman–Crippen LogP) is 2.82. The molecule has 1 atom stereocenters. The molecule has 2 rings (SSSR count). The average molecular weight is 329 g/mol. The lowest BCUT2D eigenvalue weighted by Gasteiger charge is -2.13. The second-order valence-corrected chi connectivity index (χ2v) is 6.08. The van der Waals surface area contributed by atoms with Crippen LogP contribution in [0.2, 0.25) is 0 Å². The smallest absolute Gasteiger partial charge is 0.351 e. The zero-order valence-corrected chi connectivity index (χ0v) is 13.7. The number of nitrogens with zero attached hydrogens (tertiary/aromatic N) is 2. The number of thiazole rings is 1. The van der Waals surface area contributed by atoms with E-state index in [2.05, 4.69) is 10.3 Å². The zero-order chi connectivity index (χ0) is 17.0. The highest BCUT2D eigenvalue weighted by Crippen LogP contribution is 2.19. The Morgan fingerprint density at radius 3 is 2.48 bits per heavy atom. The van der Waals surface area contributed by atoms with E-state index >= 15 is 0 Å². The third kappa shape index (κ3) is 4.14. The minimum Gasteiger partial charge on any atom is -0.448 e. The summed E-state index contributed by atoms with van der Waals surface area (Å²) in [6, 6.07) is 8.41. The molecule has 1 aromatic carbocycles. The molecule has 6 nitrogen and oxygen atoms in total. The van der Waals surface area contributed by atoms with Crippen molar-refractivity contribution in [3.63, 3.8) is 0 Å². The van der Waals surface area contributed by atoms with Crippen molar-refractivity contribution in [3.05, 3.63) is 45.4 Å². The summed E-state index contributed by atoms with van der Waals surface area (Å²) in [5, 5.41) is 12.1. The minimum atomic E-state index is -0.944. The number of benzene rings is 1. The number of nitrogens with one attached hydrogen (secondary N) is 1. The second kappa shape index (κ2) is 7.03. The summed E-state index contributed by atoms with van der Waals surface area (Å²) in [4.78, 5) is 28.7. The first-order valence-corrected chi connectivity index (χ1v) is 7.68. The van der Waals surface area contributed by atoms with E-state index in [0.29, 0.717) is 21.8 Å². The molecule has 0 aliphatic rings. The maximum atomic E-state index is 12.1. The number of anilines is 1. The highest BCUT2D eigenvalue weighted by molar-refractivity contribution is 7.13. The Morgan fingerprint density at radius 1 is 1.30 bits per heavy atom. The quantitative estimate of drug-likeness (QED) is 0.871. The van der Waals surface area contributed by atoms with E-state index in [0.717, 1.165) is 5.01 Å². The molecule has 0 bridgehead atoms. The number of rotatable bonds is 4. The molecule has 1 N–H and O–H groups in total. The van der Waals surface area contributed by atoms with E-state index in [-0.39, 0.29) is 0 Å². The second-order valence-electron chi connectivity index (χ2n) is 4.87. The van der Waals surface area contributed by atoms with Crippen molar-refractivity contribution in [2.75, 3.05) is 5.32 Å². The van der Waals surface area contributed by atoms with Gasteiger partial charge in [0.1, 0.15) is 4.88 Å². The first-order valence-electron chi connectivity index (χ1n) is 6.86. The third-order valence-corrected chi connectivity index (χ3v) is 4.08. The van der Waals surface area contributed by atoms with Gasteiger partial charge in [-0.25, -0.2) is 9.78 Å². The van der Waals surface area contributed by atoms with E-state index in [9.17, 15) is 9.59 Å². The number of esters is 1. The molecule has 0 spiro atoms. The molecule has 0 aliphatic carbocycles. The number of ether oxygens (including phenoxy) is 1. The SMILES string of the molecule is Cc1nc(C)c(C(=O)O[C@H](C)C(=O)Nc2ccc(C#N)cc2)s1. The van der Waals surface area contributed by atoms with Crippen LogP contribution in [0, 0.1) is 25.2 Å². The first-order chi connectivity index (χ1) is 10.9. The lowest BCUT2D eigenvalue weighted by Crippen LogP contribution is -2.29. The van der Waals surface area contributed by atoms with Crippen molar-refractivity contribution < 1.29 is 14.3 Å². The fourth-order valence-corrected chi connectivity index (χ4v) is 2.66.